The van der Waals surface area contributed by atoms with Crippen molar-refractivity contribution in [1.82, 2.24) is 0 Å². The molecule has 2 aromatic carbocycles. The molecular weight excluding hydrogens is 372 g/mol. The van der Waals surface area contributed by atoms with Crippen LogP contribution in [0.4, 0.5) is 5.69 Å². The van der Waals surface area contributed by atoms with Crippen LogP contribution in [0.1, 0.15) is 34.6 Å². The molecule has 0 saturated carbocycles. The molecule has 9 heteroatoms. The lowest BCUT2D eigenvalue weighted by atomic mass is 10.1. The molecule has 0 spiro atoms. The fourth-order valence-electron chi connectivity index (χ4n) is 2.09. The minimum Gasteiger partial charge on any atom is -0.449 e. The van der Waals surface area contributed by atoms with Gasteiger partial charge in [0.2, 0.25) is 10.0 Å². The van der Waals surface area contributed by atoms with Gasteiger partial charge >= 0.3 is 5.97 Å². The fraction of sp³-hybridized carbons (Fsp3) is 0.167. The molecule has 0 aliphatic heterocycles. The van der Waals surface area contributed by atoms with Crippen LogP contribution in [0.5, 0.6) is 0 Å². The number of nitrogens with two attached hydrogens (primary N) is 1. The van der Waals surface area contributed by atoms with Crippen molar-refractivity contribution in [2.45, 2.75) is 24.8 Å². The average Bonchev–Trinajstić information content (AvgIpc) is 2.61. The highest BCUT2D eigenvalue weighted by Crippen LogP contribution is 2.13. The van der Waals surface area contributed by atoms with Crippen molar-refractivity contribution >= 4 is 33.4 Å². The molecule has 27 heavy (non-hydrogen) atoms. The molecule has 0 fully saturated rings. The monoisotopic (exact) mass is 390 g/mol. The zero-order chi connectivity index (χ0) is 20.2. The van der Waals surface area contributed by atoms with E-state index < -0.39 is 28.0 Å². The predicted octanol–water partition coefficient (Wildman–Crippen LogP) is 1.72. The SMILES string of the molecule is CC(=O)c1ccc(NC(=O)[C@@H](C)OC(=O)c2ccc(S(N)(=O)=O)cc2)cc1. The van der Waals surface area contributed by atoms with Crippen molar-refractivity contribution in [2.24, 2.45) is 5.14 Å². The first-order chi connectivity index (χ1) is 12.6. The van der Waals surface area contributed by atoms with Crippen molar-refractivity contribution in [3.63, 3.8) is 0 Å². The van der Waals surface area contributed by atoms with Gasteiger partial charge in [0.05, 0.1) is 10.5 Å². The first-order valence-corrected chi connectivity index (χ1v) is 9.38. The van der Waals surface area contributed by atoms with E-state index in [9.17, 15) is 22.8 Å². The second-order valence-corrected chi connectivity index (χ2v) is 7.30. The third-order valence-electron chi connectivity index (χ3n) is 3.63. The molecule has 0 radical (unpaired) electrons. The number of carbonyl (C=O) groups excluding carboxylic acids is 3. The van der Waals surface area contributed by atoms with Gasteiger partial charge in [0.1, 0.15) is 0 Å². The van der Waals surface area contributed by atoms with Gasteiger partial charge < -0.3 is 10.1 Å². The van der Waals surface area contributed by atoms with Crippen LogP contribution in [0.15, 0.2) is 53.4 Å². The number of anilines is 1. The van der Waals surface area contributed by atoms with Crippen LogP contribution in [0.3, 0.4) is 0 Å². The van der Waals surface area contributed by atoms with Crippen LogP contribution in [0.25, 0.3) is 0 Å². The van der Waals surface area contributed by atoms with E-state index in [1.54, 1.807) is 24.3 Å². The lowest BCUT2D eigenvalue weighted by Gasteiger charge is -2.14. The van der Waals surface area contributed by atoms with Crippen LogP contribution < -0.4 is 10.5 Å². The average molecular weight is 390 g/mol. The second-order valence-electron chi connectivity index (χ2n) is 5.74. The van der Waals surface area contributed by atoms with Crippen molar-refractivity contribution in [1.29, 1.82) is 0 Å². The molecule has 2 rings (SSSR count). The predicted molar refractivity (Wildman–Crippen MR) is 97.8 cm³/mol. The highest BCUT2D eigenvalue weighted by molar-refractivity contribution is 7.89. The van der Waals surface area contributed by atoms with Crippen LogP contribution in [0.2, 0.25) is 0 Å². The molecule has 0 aliphatic rings. The number of carbonyl (C=O) groups is 3. The Hall–Kier alpha value is -3.04. The summed E-state index contributed by atoms with van der Waals surface area (Å²) >= 11 is 0. The van der Waals surface area contributed by atoms with Gasteiger partial charge in [-0.2, -0.15) is 0 Å². The minimum absolute atomic E-state index is 0.0767. The standard InChI is InChI=1S/C18H18N2O6S/c1-11(21)13-3-7-15(8-4-13)20-17(22)12(2)26-18(23)14-5-9-16(10-6-14)27(19,24)25/h3-10,12H,1-2H3,(H,20,22)(H2,19,24,25)/t12-/m1/s1. The van der Waals surface area contributed by atoms with Gasteiger partial charge in [-0.05, 0) is 62.4 Å². The van der Waals surface area contributed by atoms with Crippen LogP contribution in [-0.2, 0) is 19.6 Å². The van der Waals surface area contributed by atoms with E-state index in [-0.39, 0.29) is 16.2 Å². The Balaban J connectivity index is 1.98. The molecule has 0 unspecified atom stereocenters. The van der Waals surface area contributed by atoms with Crippen LogP contribution in [-0.4, -0.2) is 32.2 Å². The molecular formula is C18H18N2O6S. The summed E-state index contributed by atoms with van der Waals surface area (Å²) in [5.41, 5.74) is 1.04. The Morgan fingerprint density at radius 1 is 0.963 bits per heavy atom. The van der Waals surface area contributed by atoms with Gasteiger partial charge in [-0.25, -0.2) is 18.4 Å². The Labute approximate surface area is 156 Å². The number of esters is 1. The number of amides is 1. The zero-order valence-electron chi connectivity index (χ0n) is 14.6. The first-order valence-electron chi connectivity index (χ1n) is 7.83. The first kappa shape index (κ1) is 20.3. The molecule has 0 saturated heterocycles. The molecule has 3 N–H and O–H groups in total. The maximum atomic E-state index is 12.1. The number of ether oxygens (including phenoxy) is 1. The number of benzene rings is 2. The van der Waals surface area contributed by atoms with Gasteiger partial charge in [0.15, 0.2) is 11.9 Å². The normalized spacial score (nSPS) is 12.1. The van der Waals surface area contributed by atoms with Gasteiger partial charge in [-0.1, -0.05) is 0 Å². The number of ketones is 1. The van der Waals surface area contributed by atoms with Crippen LogP contribution in [0, 0.1) is 0 Å². The maximum absolute atomic E-state index is 12.1. The van der Waals surface area contributed by atoms with Gasteiger partial charge in [0.25, 0.3) is 5.91 Å². The second kappa shape index (κ2) is 8.11. The summed E-state index contributed by atoms with van der Waals surface area (Å²) in [6, 6.07) is 11.1. The van der Waals surface area contributed by atoms with Crippen LogP contribution >= 0.6 is 0 Å². The number of primary sulfonamides is 1. The Kier molecular flexibility index (Phi) is 6.09. The summed E-state index contributed by atoms with van der Waals surface area (Å²) in [4.78, 5) is 35.3. The Morgan fingerprint density at radius 3 is 1.96 bits per heavy atom. The van der Waals surface area contributed by atoms with Gasteiger partial charge in [-0.3, -0.25) is 9.59 Å². The third kappa shape index (κ3) is 5.47. The quantitative estimate of drug-likeness (QED) is 0.570. The molecule has 0 bridgehead atoms. The molecule has 2 aromatic rings. The lowest BCUT2D eigenvalue weighted by molar-refractivity contribution is -0.123. The Morgan fingerprint density at radius 2 is 1.48 bits per heavy atom. The summed E-state index contributed by atoms with van der Waals surface area (Å²) in [5, 5.41) is 7.56. The summed E-state index contributed by atoms with van der Waals surface area (Å²) in [6.07, 6.45) is -1.09. The molecule has 142 valence electrons. The molecule has 0 aliphatic carbocycles. The number of sulfonamides is 1. The summed E-state index contributed by atoms with van der Waals surface area (Å²) in [7, 11) is -3.86. The van der Waals surface area contributed by atoms with Crippen molar-refractivity contribution in [3.8, 4) is 0 Å². The molecule has 0 aromatic heterocycles. The fourth-order valence-corrected chi connectivity index (χ4v) is 2.61. The van der Waals surface area contributed by atoms with E-state index >= 15 is 0 Å². The summed E-state index contributed by atoms with van der Waals surface area (Å²) < 4.78 is 27.5. The van der Waals surface area contributed by atoms with Gasteiger partial charge in [0, 0.05) is 11.3 Å². The number of nitrogens with one attached hydrogen (secondary N) is 1. The number of Topliss-reactive ketones (excluding diaryl/α,β-unsaturated/α-hetero) is 1. The largest absolute Gasteiger partial charge is 0.449 e. The van der Waals surface area contributed by atoms with E-state index in [1.807, 2.05) is 0 Å². The van der Waals surface area contributed by atoms with E-state index in [0.717, 1.165) is 0 Å². The van der Waals surface area contributed by atoms with E-state index in [1.165, 1.54) is 38.1 Å². The number of hydrogen-bond donors (Lipinski definition) is 2. The molecule has 1 atom stereocenters. The highest BCUT2D eigenvalue weighted by Gasteiger charge is 2.19. The Bertz CT molecular complexity index is 966. The molecule has 0 heterocycles. The van der Waals surface area contributed by atoms with Crippen molar-refractivity contribution < 1.29 is 27.5 Å². The van der Waals surface area contributed by atoms with E-state index in [0.29, 0.717) is 11.3 Å². The third-order valence-corrected chi connectivity index (χ3v) is 4.56. The summed E-state index contributed by atoms with van der Waals surface area (Å²) in [6.45, 7) is 2.83. The lowest BCUT2D eigenvalue weighted by Crippen LogP contribution is -2.30. The molecule has 8 nitrogen and oxygen atoms in total. The topological polar surface area (TPSA) is 133 Å². The number of hydrogen-bond acceptors (Lipinski definition) is 6. The molecule has 1 amide bonds. The minimum atomic E-state index is -3.86. The summed E-state index contributed by atoms with van der Waals surface area (Å²) in [5.74, 6) is -1.44. The smallest absolute Gasteiger partial charge is 0.338 e. The maximum Gasteiger partial charge on any atom is 0.338 e. The van der Waals surface area contributed by atoms with E-state index in [2.05, 4.69) is 5.32 Å². The van der Waals surface area contributed by atoms with Crippen molar-refractivity contribution in [2.75, 3.05) is 5.32 Å². The van der Waals surface area contributed by atoms with Crippen molar-refractivity contribution in [3.05, 3.63) is 59.7 Å². The zero-order valence-corrected chi connectivity index (χ0v) is 15.4. The highest BCUT2D eigenvalue weighted by atomic mass is 32.2. The number of rotatable bonds is 6. The van der Waals surface area contributed by atoms with Gasteiger partial charge in [-0.15, -0.1) is 0 Å². The van der Waals surface area contributed by atoms with E-state index in [4.69, 9.17) is 9.88 Å².